The van der Waals surface area contributed by atoms with Gasteiger partial charge in [0.15, 0.2) is 11.5 Å². The van der Waals surface area contributed by atoms with E-state index in [1.54, 1.807) is 7.11 Å². The number of nitrogens with one attached hydrogen (secondary N) is 1. The Morgan fingerprint density at radius 2 is 1.81 bits per heavy atom. The molecule has 0 radical (unpaired) electrons. The number of methoxy groups -OCH3 is 1. The summed E-state index contributed by atoms with van der Waals surface area (Å²) in [6.45, 7) is 1.37. The monoisotopic (exact) mass is 460 g/mol. The van der Waals surface area contributed by atoms with Crippen LogP contribution in [0.15, 0.2) is 54.6 Å². The number of rotatable bonds is 11. The molecule has 1 aliphatic heterocycles. The summed E-state index contributed by atoms with van der Waals surface area (Å²) >= 11 is 0. The topological polar surface area (TPSA) is 84.9 Å². The highest BCUT2D eigenvalue weighted by molar-refractivity contribution is 7.89. The molecule has 0 bridgehead atoms. The molecule has 1 aliphatic rings. The summed E-state index contributed by atoms with van der Waals surface area (Å²) < 4.78 is 38.0. The molecule has 0 unspecified atom stereocenters. The number of amides is 1. The first-order valence-electron chi connectivity index (χ1n) is 11.0. The van der Waals surface area contributed by atoms with Crippen molar-refractivity contribution in [2.75, 3.05) is 39.1 Å². The Morgan fingerprint density at radius 3 is 2.56 bits per heavy atom. The molecule has 1 heterocycles. The van der Waals surface area contributed by atoms with Crippen molar-refractivity contribution >= 4 is 15.9 Å². The molecule has 8 heteroatoms. The lowest BCUT2D eigenvalue weighted by Crippen LogP contribution is -2.46. The molecule has 2 aromatic carbocycles. The van der Waals surface area contributed by atoms with E-state index in [4.69, 9.17) is 9.47 Å². The van der Waals surface area contributed by atoms with E-state index in [1.165, 1.54) is 4.31 Å². The van der Waals surface area contributed by atoms with Gasteiger partial charge in [0.1, 0.15) is 6.61 Å². The molecule has 0 saturated carbocycles. The third-order valence-electron chi connectivity index (χ3n) is 5.59. The molecular weight excluding hydrogens is 428 g/mol. The number of sulfonamides is 1. The highest BCUT2D eigenvalue weighted by Crippen LogP contribution is 2.25. The highest BCUT2D eigenvalue weighted by atomic mass is 32.2. The predicted octanol–water partition coefficient (Wildman–Crippen LogP) is 2.86. The van der Waals surface area contributed by atoms with Crippen LogP contribution in [-0.4, -0.2) is 57.7 Å². The predicted molar refractivity (Wildman–Crippen MR) is 124 cm³/mol. The summed E-state index contributed by atoms with van der Waals surface area (Å²) in [4.78, 5) is 12.6. The van der Waals surface area contributed by atoms with E-state index in [0.717, 1.165) is 12.0 Å². The largest absolute Gasteiger partial charge is 0.493 e. The van der Waals surface area contributed by atoms with Crippen LogP contribution < -0.4 is 14.8 Å². The molecule has 174 valence electrons. The Hall–Kier alpha value is -2.58. The molecule has 0 spiro atoms. The van der Waals surface area contributed by atoms with Crippen molar-refractivity contribution in [3.8, 4) is 11.5 Å². The van der Waals surface area contributed by atoms with Crippen molar-refractivity contribution in [1.29, 1.82) is 0 Å². The van der Waals surface area contributed by atoms with Crippen LogP contribution in [0.1, 0.15) is 24.8 Å². The number of hydrogen-bond acceptors (Lipinski definition) is 5. The fourth-order valence-corrected chi connectivity index (χ4v) is 5.44. The van der Waals surface area contributed by atoms with E-state index >= 15 is 0 Å². The molecule has 2 aromatic rings. The van der Waals surface area contributed by atoms with E-state index in [0.29, 0.717) is 50.5 Å². The summed E-state index contributed by atoms with van der Waals surface area (Å²) in [7, 11) is -1.80. The van der Waals surface area contributed by atoms with Crippen LogP contribution in [0.5, 0.6) is 11.5 Å². The Balaban J connectivity index is 1.42. The van der Waals surface area contributed by atoms with Gasteiger partial charge in [-0.3, -0.25) is 4.79 Å². The zero-order chi connectivity index (χ0) is 22.8. The SMILES string of the molecule is COc1ccccc1OCCNC(=O)[C@H]1CCCN(S(=O)(=O)CCCc2ccccc2)C1. The van der Waals surface area contributed by atoms with Crippen molar-refractivity contribution in [2.45, 2.75) is 25.7 Å². The quantitative estimate of drug-likeness (QED) is 0.521. The zero-order valence-electron chi connectivity index (χ0n) is 18.5. The van der Waals surface area contributed by atoms with E-state index in [2.05, 4.69) is 5.32 Å². The number of ether oxygens (including phenoxy) is 2. The summed E-state index contributed by atoms with van der Waals surface area (Å²) in [5, 5.41) is 2.87. The number of piperidine rings is 1. The molecular formula is C24H32N2O5S. The lowest BCUT2D eigenvalue weighted by atomic mass is 9.99. The van der Waals surface area contributed by atoms with Gasteiger partial charge in [0.25, 0.3) is 0 Å². The minimum absolute atomic E-state index is 0.100. The Morgan fingerprint density at radius 1 is 1.09 bits per heavy atom. The van der Waals surface area contributed by atoms with E-state index in [1.807, 2.05) is 54.6 Å². The molecule has 1 N–H and O–H groups in total. The smallest absolute Gasteiger partial charge is 0.224 e. The van der Waals surface area contributed by atoms with Crippen LogP contribution >= 0.6 is 0 Å². The maximum absolute atomic E-state index is 12.8. The summed E-state index contributed by atoms with van der Waals surface area (Å²) in [6.07, 6.45) is 2.67. The summed E-state index contributed by atoms with van der Waals surface area (Å²) in [5.41, 5.74) is 1.13. The Labute approximate surface area is 190 Å². The van der Waals surface area contributed by atoms with Gasteiger partial charge >= 0.3 is 0 Å². The number of hydrogen-bond donors (Lipinski definition) is 1. The first-order chi connectivity index (χ1) is 15.5. The van der Waals surface area contributed by atoms with Gasteiger partial charge in [-0.15, -0.1) is 0 Å². The van der Waals surface area contributed by atoms with Crippen molar-refractivity contribution in [3.63, 3.8) is 0 Å². The number of carbonyl (C=O) groups excluding carboxylic acids is 1. The Kier molecular flexibility index (Phi) is 8.93. The van der Waals surface area contributed by atoms with Crippen molar-refractivity contribution < 1.29 is 22.7 Å². The second kappa shape index (κ2) is 11.9. The van der Waals surface area contributed by atoms with Gasteiger partial charge in [-0.05, 0) is 43.4 Å². The molecule has 7 nitrogen and oxygen atoms in total. The van der Waals surface area contributed by atoms with Gasteiger partial charge in [0.2, 0.25) is 15.9 Å². The standard InChI is InChI=1S/C24H32N2O5S/c1-30-22-13-5-6-14-23(22)31-17-15-25-24(27)21-12-7-16-26(19-21)32(28,29)18-8-11-20-9-3-2-4-10-20/h2-6,9-10,13-14,21H,7-8,11-12,15-19H2,1H3,(H,25,27)/t21-/m0/s1. The molecule has 3 rings (SSSR count). The zero-order valence-corrected chi connectivity index (χ0v) is 19.4. The summed E-state index contributed by atoms with van der Waals surface area (Å²) in [5.74, 6) is 0.897. The fraction of sp³-hybridized carbons (Fsp3) is 0.458. The Bertz CT molecular complexity index is 965. The molecule has 0 aliphatic carbocycles. The number of para-hydroxylation sites is 2. The van der Waals surface area contributed by atoms with Crippen LogP contribution in [0.3, 0.4) is 0 Å². The third kappa shape index (κ3) is 6.97. The first-order valence-corrected chi connectivity index (χ1v) is 12.7. The molecule has 1 amide bonds. The second-order valence-electron chi connectivity index (χ2n) is 7.89. The highest BCUT2D eigenvalue weighted by Gasteiger charge is 2.31. The van der Waals surface area contributed by atoms with Crippen LogP contribution in [0.25, 0.3) is 0 Å². The third-order valence-corrected chi connectivity index (χ3v) is 7.51. The molecule has 1 atom stereocenters. The van der Waals surface area contributed by atoms with Crippen molar-refractivity contribution in [1.82, 2.24) is 9.62 Å². The fourth-order valence-electron chi connectivity index (χ4n) is 3.86. The van der Waals surface area contributed by atoms with E-state index in [-0.39, 0.29) is 24.1 Å². The van der Waals surface area contributed by atoms with Crippen molar-refractivity contribution in [3.05, 3.63) is 60.2 Å². The van der Waals surface area contributed by atoms with Crippen LogP contribution in [-0.2, 0) is 21.2 Å². The average molecular weight is 461 g/mol. The number of benzene rings is 2. The molecule has 0 aromatic heterocycles. The first kappa shape index (κ1) is 24.1. The van der Waals surface area contributed by atoms with Crippen LogP contribution in [0.4, 0.5) is 0 Å². The van der Waals surface area contributed by atoms with E-state index in [9.17, 15) is 13.2 Å². The average Bonchev–Trinajstić information content (AvgIpc) is 2.82. The lowest BCUT2D eigenvalue weighted by Gasteiger charge is -2.31. The number of nitrogens with zero attached hydrogens (tertiary/aromatic N) is 1. The summed E-state index contributed by atoms with van der Waals surface area (Å²) in [6, 6.07) is 17.2. The maximum atomic E-state index is 12.8. The number of carbonyl (C=O) groups is 1. The van der Waals surface area contributed by atoms with Crippen molar-refractivity contribution in [2.24, 2.45) is 5.92 Å². The van der Waals surface area contributed by atoms with Gasteiger partial charge < -0.3 is 14.8 Å². The second-order valence-corrected chi connectivity index (χ2v) is 9.98. The molecule has 1 fully saturated rings. The minimum atomic E-state index is -3.37. The normalized spacial score (nSPS) is 17.0. The van der Waals surface area contributed by atoms with Crippen LogP contribution in [0.2, 0.25) is 0 Å². The minimum Gasteiger partial charge on any atom is -0.493 e. The van der Waals surface area contributed by atoms with E-state index < -0.39 is 10.0 Å². The van der Waals surface area contributed by atoms with Gasteiger partial charge in [-0.1, -0.05) is 42.5 Å². The molecule has 32 heavy (non-hydrogen) atoms. The molecule has 1 saturated heterocycles. The van der Waals surface area contributed by atoms with Gasteiger partial charge in [-0.25, -0.2) is 12.7 Å². The number of aryl methyl sites for hydroxylation is 1. The van der Waals surface area contributed by atoms with Gasteiger partial charge in [0.05, 0.1) is 25.3 Å². The lowest BCUT2D eigenvalue weighted by molar-refractivity contribution is -0.126. The van der Waals surface area contributed by atoms with Gasteiger partial charge in [-0.2, -0.15) is 0 Å². The maximum Gasteiger partial charge on any atom is 0.224 e. The van der Waals surface area contributed by atoms with Crippen LogP contribution in [0, 0.1) is 5.92 Å². The van der Waals surface area contributed by atoms with Gasteiger partial charge in [0, 0.05) is 13.1 Å².